The van der Waals surface area contributed by atoms with Gasteiger partial charge in [0.25, 0.3) is 0 Å². The lowest BCUT2D eigenvalue weighted by molar-refractivity contribution is -0.117. The highest BCUT2D eigenvalue weighted by Crippen LogP contribution is 2.38. The van der Waals surface area contributed by atoms with E-state index in [1.807, 2.05) is 0 Å². The van der Waals surface area contributed by atoms with E-state index in [2.05, 4.69) is 17.9 Å². The second-order valence-electron chi connectivity index (χ2n) is 7.23. The van der Waals surface area contributed by atoms with Crippen molar-refractivity contribution in [1.29, 1.82) is 0 Å². The van der Waals surface area contributed by atoms with Crippen LogP contribution in [0, 0.1) is 23.7 Å². The molecule has 0 amide bonds. The van der Waals surface area contributed by atoms with Crippen LogP contribution < -0.4 is 0 Å². The summed E-state index contributed by atoms with van der Waals surface area (Å²) < 4.78 is 5.71. The van der Waals surface area contributed by atoms with Gasteiger partial charge in [0.05, 0.1) is 6.42 Å². The molecule has 3 aliphatic rings. The normalized spacial score (nSPS) is 30.8. The van der Waals surface area contributed by atoms with Crippen LogP contribution in [0.25, 0.3) is 0 Å². The molecule has 1 unspecified atom stereocenters. The van der Waals surface area contributed by atoms with Crippen molar-refractivity contribution in [2.45, 2.75) is 76.2 Å². The molecule has 1 atom stereocenters. The summed E-state index contributed by atoms with van der Waals surface area (Å²) in [7, 11) is 1.70. The number of carbonyl (C=O) groups excluding carboxylic acids is 1. The van der Waals surface area contributed by atoms with Crippen molar-refractivity contribution in [3.8, 4) is 11.8 Å². The van der Waals surface area contributed by atoms with Crippen molar-refractivity contribution in [1.82, 2.24) is 0 Å². The Labute approximate surface area is 134 Å². The van der Waals surface area contributed by atoms with Gasteiger partial charge in [-0.1, -0.05) is 50.4 Å². The highest BCUT2D eigenvalue weighted by Gasteiger charge is 2.40. The Morgan fingerprint density at radius 1 is 1.05 bits per heavy atom. The lowest BCUT2D eigenvalue weighted by Gasteiger charge is -2.22. The third-order valence-electron chi connectivity index (χ3n) is 5.64. The molecule has 3 rings (SSSR count). The molecule has 0 aliphatic heterocycles. The van der Waals surface area contributed by atoms with E-state index in [9.17, 15) is 4.79 Å². The maximum atomic E-state index is 12.5. The molecule has 3 aliphatic carbocycles. The fourth-order valence-electron chi connectivity index (χ4n) is 4.22. The SMILES string of the molecule is COC1(C#CC2CCCCC2)C=C(C2CCCCC2)C(=O)C1. The van der Waals surface area contributed by atoms with Crippen LogP contribution in [0.1, 0.15) is 70.6 Å². The standard InChI is InChI=1S/C20H28O2/c1-22-20(13-12-16-8-4-2-5-9-16)14-18(19(21)15-20)17-10-6-3-7-11-17/h14,16-17H,2-11,15H2,1H3. The third kappa shape index (κ3) is 3.46. The van der Waals surface area contributed by atoms with Gasteiger partial charge in [-0.2, -0.15) is 0 Å². The molecular formula is C20H28O2. The zero-order valence-electron chi connectivity index (χ0n) is 13.8. The minimum atomic E-state index is -0.638. The summed E-state index contributed by atoms with van der Waals surface area (Å²) in [5, 5.41) is 0. The van der Waals surface area contributed by atoms with Crippen molar-refractivity contribution in [3.63, 3.8) is 0 Å². The van der Waals surface area contributed by atoms with Crippen LogP contribution >= 0.6 is 0 Å². The Hall–Kier alpha value is -1.07. The Kier molecular flexibility index (Phi) is 5.03. The molecule has 22 heavy (non-hydrogen) atoms. The second kappa shape index (κ2) is 7.01. The van der Waals surface area contributed by atoms with Gasteiger partial charge in [0, 0.05) is 13.0 Å². The molecule has 0 aromatic rings. The second-order valence-corrected chi connectivity index (χ2v) is 7.23. The van der Waals surface area contributed by atoms with E-state index in [0.717, 1.165) is 18.4 Å². The Balaban J connectivity index is 1.76. The molecule has 0 aromatic heterocycles. The number of allylic oxidation sites excluding steroid dienone is 1. The van der Waals surface area contributed by atoms with Crippen molar-refractivity contribution in [2.24, 2.45) is 11.8 Å². The van der Waals surface area contributed by atoms with E-state index in [-0.39, 0.29) is 5.78 Å². The average molecular weight is 300 g/mol. The molecule has 2 heteroatoms. The number of ether oxygens (including phenoxy) is 1. The fourth-order valence-corrected chi connectivity index (χ4v) is 4.22. The van der Waals surface area contributed by atoms with Gasteiger partial charge >= 0.3 is 0 Å². The van der Waals surface area contributed by atoms with Gasteiger partial charge in [0.15, 0.2) is 11.4 Å². The van der Waals surface area contributed by atoms with Crippen molar-refractivity contribution in [3.05, 3.63) is 11.6 Å². The highest BCUT2D eigenvalue weighted by atomic mass is 16.5. The van der Waals surface area contributed by atoms with Gasteiger partial charge < -0.3 is 4.74 Å². The van der Waals surface area contributed by atoms with E-state index >= 15 is 0 Å². The molecule has 0 N–H and O–H groups in total. The van der Waals surface area contributed by atoms with Gasteiger partial charge in [-0.25, -0.2) is 0 Å². The lowest BCUT2D eigenvalue weighted by atomic mass is 9.83. The number of ketones is 1. The number of hydrogen-bond donors (Lipinski definition) is 0. The van der Waals surface area contributed by atoms with E-state index in [1.165, 1.54) is 51.4 Å². The van der Waals surface area contributed by atoms with Gasteiger partial charge in [0.1, 0.15) is 0 Å². The van der Waals surface area contributed by atoms with E-state index in [1.54, 1.807) is 7.11 Å². The summed E-state index contributed by atoms with van der Waals surface area (Å²) in [6, 6.07) is 0. The molecule has 2 saturated carbocycles. The third-order valence-corrected chi connectivity index (χ3v) is 5.64. The minimum absolute atomic E-state index is 0.270. The summed E-state index contributed by atoms with van der Waals surface area (Å²) in [6.07, 6.45) is 15.0. The number of carbonyl (C=O) groups is 1. The average Bonchev–Trinajstić information content (AvgIpc) is 2.92. The maximum Gasteiger partial charge on any atom is 0.163 e. The number of hydrogen-bond acceptors (Lipinski definition) is 2. The van der Waals surface area contributed by atoms with E-state index in [0.29, 0.717) is 18.3 Å². The molecule has 0 radical (unpaired) electrons. The maximum absolute atomic E-state index is 12.5. The van der Waals surface area contributed by atoms with Crippen LogP contribution in [0.3, 0.4) is 0 Å². The Morgan fingerprint density at radius 2 is 1.68 bits per heavy atom. The first-order valence-corrected chi connectivity index (χ1v) is 9.06. The van der Waals surface area contributed by atoms with Crippen LogP contribution in [0.15, 0.2) is 11.6 Å². The molecule has 0 heterocycles. The van der Waals surface area contributed by atoms with E-state index < -0.39 is 5.60 Å². The quantitative estimate of drug-likeness (QED) is 0.705. The van der Waals surface area contributed by atoms with Crippen molar-refractivity contribution < 1.29 is 9.53 Å². The molecule has 0 bridgehead atoms. The van der Waals surface area contributed by atoms with Crippen LogP contribution in [0.4, 0.5) is 0 Å². The predicted octanol–water partition coefficient (Wildman–Crippen LogP) is 4.43. The minimum Gasteiger partial charge on any atom is -0.361 e. The zero-order valence-corrected chi connectivity index (χ0v) is 13.8. The number of methoxy groups -OCH3 is 1. The fraction of sp³-hybridized carbons (Fsp3) is 0.750. The Bertz CT molecular complexity index is 496. The number of rotatable bonds is 2. The summed E-state index contributed by atoms with van der Waals surface area (Å²) >= 11 is 0. The Morgan fingerprint density at radius 3 is 2.32 bits per heavy atom. The van der Waals surface area contributed by atoms with Gasteiger partial charge in [-0.05, 0) is 43.3 Å². The zero-order chi connectivity index (χ0) is 15.4. The van der Waals surface area contributed by atoms with Crippen LogP contribution in [0.5, 0.6) is 0 Å². The van der Waals surface area contributed by atoms with Crippen LogP contribution in [-0.2, 0) is 9.53 Å². The molecule has 0 saturated heterocycles. The van der Waals surface area contributed by atoms with Gasteiger partial charge in [-0.15, -0.1) is 0 Å². The molecule has 2 nitrogen and oxygen atoms in total. The monoisotopic (exact) mass is 300 g/mol. The highest BCUT2D eigenvalue weighted by molar-refractivity contribution is 6.00. The summed E-state index contributed by atoms with van der Waals surface area (Å²) in [4.78, 5) is 12.5. The van der Waals surface area contributed by atoms with Gasteiger partial charge in [0.2, 0.25) is 0 Å². The molecule has 2 fully saturated rings. The molecule has 0 spiro atoms. The molecule has 0 aromatic carbocycles. The first-order chi connectivity index (χ1) is 10.7. The summed E-state index contributed by atoms with van der Waals surface area (Å²) in [5.74, 6) is 8.00. The van der Waals surface area contributed by atoms with Crippen LogP contribution in [-0.4, -0.2) is 18.5 Å². The van der Waals surface area contributed by atoms with E-state index in [4.69, 9.17) is 4.74 Å². The number of Topliss-reactive ketones (excluding diaryl/α,β-unsaturated/α-hetero) is 1. The first kappa shape index (κ1) is 15.8. The lowest BCUT2D eigenvalue weighted by Crippen LogP contribution is -2.25. The van der Waals surface area contributed by atoms with Crippen molar-refractivity contribution >= 4 is 5.78 Å². The predicted molar refractivity (Wildman–Crippen MR) is 88.4 cm³/mol. The smallest absolute Gasteiger partial charge is 0.163 e. The van der Waals surface area contributed by atoms with Crippen molar-refractivity contribution in [2.75, 3.05) is 7.11 Å². The molecular weight excluding hydrogens is 272 g/mol. The summed E-state index contributed by atoms with van der Waals surface area (Å²) in [6.45, 7) is 0. The topological polar surface area (TPSA) is 26.3 Å². The first-order valence-electron chi connectivity index (χ1n) is 9.06. The van der Waals surface area contributed by atoms with Crippen LogP contribution in [0.2, 0.25) is 0 Å². The van der Waals surface area contributed by atoms with Gasteiger partial charge in [-0.3, -0.25) is 4.79 Å². The molecule has 120 valence electrons. The summed E-state index contributed by atoms with van der Waals surface area (Å²) in [5.41, 5.74) is 0.376. The largest absolute Gasteiger partial charge is 0.361 e.